The molecule has 160 valence electrons. The molecule has 0 atom stereocenters. The highest BCUT2D eigenvalue weighted by Crippen LogP contribution is 2.25. The molecule has 0 aliphatic rings. The van der Waals surface area contributed by atoms with Crippen LogP contribution >= 0.6 is 0 Å². The van der Waals surface area contributed by atoms with Gasteiger partial charge >= 0.3 is 6.18 Å². The van der Waals surface area contributed by atoms with Crippen LogP contribution in [0, 0.1) is 0 Å². The Labute approximate surface area is 171 Å². The molecule has 0 spiro atoms. The fourth-order valence-electron chi connectivity index (χ4n) is 2.67. The number of amides is 1. The number of carbonyl (C=O) groups excluding carboxylic acids is 1. The molecule has 0 fully saturated rings. The molecule has 0 radical (unpaired) electrons. The highest BCUT2D eigenvalue weighted by Gasteiger charge is 2.28. The minimum Gasteiger partial charge on any atom is -0.486 e. The van der Waals surface area contributed by atoms with Crippen LogP contribution in [0.3, 0.4) is 0 Å². The van der Waals surface area contributed by atoms with Crippen molar-refractivity contribution in [2.45, 2.75) is 45.5 Å². The van der Waals surface area contributed by atoms with E-state index in [-0.39, 0.29) is 23.5 Å². The third-order valence-electron chi connectivity index (χ3n) is 4.22. The van der Waals surface area contributed by atoms with Crippen LogP contribution in [0.2, 0.25) is 0 Å². The Balaban J connectivity index is 1.55. The molecule has 0 saturated heterocycles. The van der Waals surface area contributed by atoms with Gasteiger partial charge in [-0.1, -0.05) is 32.9 Å². The standard InChI is InChI=1S/C21H22F3N3O3/c1-20(2,3)14-4-6-16(7-5-14)29-12-17-8-9-18(30-17)19(28)26-15-10-25-27(11-15)13-21(22,23)24/h4-11H,12-13H2,1-3H3,(H,26,28). The molecule has 2 aromatic heterocycles. The van der Waals surface area contributed by atoms with Crippen LogP contribution < -0.4 is 10.1 Å². The Morgan fingerprint density at radius 2 is 1.83 bits per heavy atom. The number of anilines is 1. The summed E-state index contributed by atoms with van der Waals surface area (Å²) in [6, 6.07) is 10.8. The summed E-state index contributed by atoms with van der Waals surface area (Å²) in [5.74, 6) is 0.526. The SMILES string of the molecule is CC(C)(C)c1ccc(OCc2ccc(C(=O)Nc3cnn(CC(F)(F)F)c3)o2)cc1. The number of aromatic nitrogens is 2. The zero-order valence-electron chi connectivity index (χ0n) is 16.8. The second-order valence-corrected chi connectivity index (χ2v) is 7.82. The molecule has 9 heteroatoms. The number of alkyl halides is 3. The van der Waals surface area contributed by atoms with E-state index in [4.69, 9.17) is 9.15 Å². The molecule has 1 aromatic carbocycles. The first kappa shape index (κ1) is 21.5. The fraction of sp³-hybridized carbons (Fsp3) is 0.333. The van der Waals surface area contributed by atoms with Gasteiger partial charge in [0, 0.05) is 6.20 Å². The van der Waals surface area contributed by atoms with Crippen molar-refractivity contribution in [3.8, 4) is 5.75 Å². The summed E-state index contributed by atoms with van der Waals surface area (Å²) in [6.07, 6.45) is -2.16. The Morgan fingerprint density at radius 3 is 2.47 bits per heavy atom. The zero-order chi connectivity index (χ0) is 21.9. The minimum absolute atomic E-state index is 0.0141. The molecule has 0 saturated carbocycles. The average molecular weight is 421 g/mol. The van der Waals surface area contributed by atoms with Crippen LogP contribution in [0.25, 0.3) is 0 Å². The van der Waals surface area contributed by atoms with E-state index in [1.165, 1.54) is 11.6 Å². The maximum absolute atomic E-state index is 12.4. The lowest BCUT2D eigenvalue weighted by molar-refractivity contribution is -0.142. The van der Waals surface area contributed by atoms with Gasteiger partial charge in [-0.25, -0.2) is 0 Å². The van der Waals surface area contributed by atoms with Gasteiger partial charge in [0.1, 0.15) is 24.7 Å². The summed E-state index contributed by atoms with van der Waals surface area (Å²) < 4.78 is 49.0. The highest BCUT2D eigenvalue weighted by atomic mass is 19.4. The van der Waals surface area contributed by atoms with Gasteiger partial charge in [0.05, 0.1) is 11.9 Å². The smallest absolute Gasteiger partial charge is 0.408 e. The fourth-order valence-corrected chi connectivity index (χ4v) is 2.67. The third-order valence-corrected chi connectivity index (χ3v) is 4.22. The van der Waals surface area contributed by atoms with Gasteiger partial charge in [0.2, 0.25) is 0 Å². The zero-order valence-corrected chi connectivity index (χ0v) is 16.8. The van der Waals surface area contributed by atoms with Gasteiger partial charge in [0.15, 0.2) is 5.76 Å². The quantitative estimate of drug-likeness (QED) is 0.596. The van der Waals surface area contributed by atoms with Crippen molar-refractivity contribution >= 4 is 11.6 Å². The van der Waals surface area contributed by atoms with Crippen molar-refractivity contribution in [1.29, 1.82) is 0 Å². The molecule has 6 nitrogen and oxygen atoms in total. The summed E-state index contributed by atoms with van der Waals surface area (Å²) in [5.41, 5.74) is 1.37. The second kappa shape index (κ2) is 8.25. The third kappa shape index (κ3) is 5.88. The first-order valence-corrected chi connectivity index (χ1v) is 9.22. The molecule has 30 heavy (non-hydrogen) atoms. The van der Waals surface area contributed by atoms with E-state index >= 15 is 0 Å². The Morgan fingerprint density at radius 1 is 1.13 bits per heavy atom. The normalized spacial score (nSPS) is 12.1. The van der Waals surface area contributed by atoms with E-state index < -0.39 is 18.6 Å². The molecular weight excluding hydrogens is 399 g/mol. The number of furan rings is 1. The molecular formula is C21H22F3N3O3. The molecule has 1 N–H and O–H groups in total. The molecule has 0 aliphatic heterocycles. The van der Waals surface area contributed by atoms with Crippen LogP contribution in [0.15, 0.2) is 53.2 Å². The van der Waals surface area contributed by atoms with Gasteiger partial charge in [-0.05, 0) is 35.2 Å². The van der Waals surface area contributed by atoms with Crippen LogP contribution in [0.4, 0.5) is 18.9 Å². The molecule has 2 heterocycles. The van der Waals surface area contributed by atoms with Gasteiger partial charge in [-0.2, -0.15) is 18.3 Å². The molecule has 0 unspecified atom stereocenters. The molecule has 3 rings (SSSR count). The van der Waals surface area contributed by atoms with E-state index in [1.54, 1.807) is 6.07 Å². The number of hydrogen-bond donors (Lipinski definition) is 1. The van der Waals surface area contributed by atoms with Crippen molar-refractivity contribution < 1.29 is 27.1 Å². The number of carbonyl (C=O) groups is 1. The Bertz CT molecular complexity index is 999. The summed E-state index contributed by atoms with van der Waals surface area (Å²) in [7, 11) is 0. The second-order valence-electron chi connectivity index (χ2n) is 7.82. The number of rotatable bonds is 6. The number of nitrogens with zero attached hydrogens (tertiary/aromatic N) is 2. The lowest BCUT2D eigenvalue weighted by atomic mass is 9.87. The topological polar surface area (TPSA) is 69.3 Å². The van der Waals surface area contributed by atoms with Gasteiger partial charge in [-0.15, -0.1) is 0 Å². The van der Waals surface area contributed by atoms with Gasteiger partial charge < -0.3 is 14.5 Å². The first-order chi connectivity index (χ1) is 14.0. The number of hydrogen-bond acceptors (Lipinski definition) is 4. The maximum Gasteiger partial charge on any atom is 0.408 e. The predicted molar refractivity (Wildman–Crippen MR) is 104 cm³/mol. The average Bonchev–Trinajstić information content (AvgIpc) is 3.28. The van der Waals surface area contributed by atoms with Crippen LogP contribution in [-0.4, -0.2) is 21.9 Å². The van der Waals surface area contributed by atoms with Gasteiger partial charge in [0.25, 0.3) is 5.91 Å². The number of benzene rings is 1. The molecule has 3 aromatic rings. The van der Waals surface area contributed by atoms with Crippen molar-refractivity contribution in [2.24, 2.45) is 0 Å². The van der Waals surface area contributed by atoms with Gasteiger partial charge in [-0.3, -0.25) is 9.48 Å². The Hall–Kier alpha value is -3.23. The summed E-state index contributed by atoms with van der Waals surface area (Å²) in [4.78, 5) is 12.2. The monoisotopic (exact) mass is 421 g/mol. The molecule has 1 amide bonds. The van der Waals surface area contributed by atoms with Crippen molar-refractivity contribution in [3.63, 3.8) is 0 Å². The van der Waals surface area contributed by atoms with Crippen LogP contribution in [-0.2, 0) is 18.6 Å². The van der Waals surface area contributed by atoms with Crippen molar-refractivity contribution in [1.82, 2.24) is 9.78 Å². The first-order valence-electron chi connectivity index (χ1n) is 9.22. The van der Waals surface area contributed by atoms with E-state index in [0.717, 1.165) is 12.4 Å². The highest BCUT2D eigenvalue weighted by molar-refractivity contribution is 6.02. The maximum atomic E-state index is 12.4. The number of ether oxygens (including phenoxy) is 1. The molecule has 0 bridgehead atoms. The van der Waals surface area contributed by atoms with E-state index in [1.807, 2.05) is 24.3 Å². The van der Waals surface area contributed by atoms with E-state index in [9.17, 15) is 18.0 Å². The van der Waals surface area contributed by atoms with Crippen molar-refractivity contribution in [2.75, 3.05) is 5.32 Å². The lowest BCUT2D eigenvalue weighted by Gasteiger charge is -2.19. The largest absolute Gasteiger partial charge is 0.486 e. The van der Waals surface area contributed by atoms with Crippen LogP contribution in [0.5, 0.6) is 5.75 Å². The number of nitrogens with one attached hydrogen (secondary N) is 1. The van der Waals surface area contributed by atoms with E-state index in [2.05, 4.69) is 31.2 Å². The lowest BCUT2D eigenvalue weighted by Crippen LogP contribution is -2.17. The van der Waals surface area contributed by atoms with Crippen LogP contribution in [0.1, 0.15) is 42.6 Å². The summed E-state index contributed by atoms with van der Waals surface area (Å²) >= 11 is 0. The van der Waals surface area contributed by atoms with E-state index in [0.29, 0.717) is 16.2 Å². The predicted octanol–water partition coefficient (Wildman–Crippen LogP) is 5.17. The minimum atomic E-state index is -4.39. The van der Waals surface area contributed by atoms with Crippen molar-refractivity contribution in [3.05, 3.63) is 65.9 Å². The Kier molecular flexibility index (Phi) is 5.91. The summed E-state index contributed by atoms with van der Waals surface area (Å²) in [5, 5.41) is 6.02. The molecule has 0 aliphatic carbocycles. The summed E-state index contributed by atoms with van der Waals surface area (Å²) in [6.45, 7) is 5.27. The number of halogens is 3.